The SMILES string of the molecule is Cc1cccc(C(=O)Nc2ncnc(Cl)c2Cl)c1Cl. The standard InChI is InChI=1S/C12H8Cl3N3O/c1-6-3-2-4-7(8(6)13)12(19)18-11-9(14)10(15)16-5-17-11/h2-5H,1H3,(H,16,17,18,19). The van der Waals surface area contributed by atoms with Gasteiger partial charge in [-0.1, -0.05) is 46.9 Å². The summed E-state index contributed by atoms with van der Waals surface area (Å²) in [6.45, 7) is 1.81. The molecule has 98 valence electrons. The van der Waals surface area contributed by atoms with Crippen LogP contribution < -0.4 is 5.32 Å². The molecule has 4 nitrogen and oxygen atoms in total. The minimum absolute atomic E-state index is 0.0716. The summed E-state index contributed by atoms with van der Waals surface area (Å²) in [4.78, 5) is 19.6. The quantitative estimate of drug-likeness (QED) is 0.852. The summed E-state index contributed by atoms with van der Waals surface area (Å²) in [6.07, 6.45) is 1.21. The lowest BCUT2D eigenvalue weighted by Gasteiger charge is -2.08. The van der Waals surface area contributed by atoms with Crippen LogP contribution in [-0.2, 0) is 0 Å². The molecular weight excluding hydrogens is 309 g/mol. The molecule has 1 aromatic carbocycles. The first-order chi connectivity index (χ1) is 9.00. The van der Waals surface area contributed by atoms with Gasteiger partial charge in [-0.15, -0.1) is 0 Å². The zero-order valence-electron chi connectivity index (χ0n) is 9.75. The van der Waals surface area contributed by atoms with E-state index in [1.54, 1.807) is 12.1 Å². The number of carbonyl (C=O) groups is 1. The van der Waals surface area contributed by atoms with Crippen LogP contribution in [0.1, 0.15) is 15.9 Å². The van der Waals surface area contributed by atoms with Crippen molar-refractivity contribution in [3.63, 3.8) is 0 Å². The fourth-order valence-corrected chi connectivity index (χ4v) is 1.92. The van der Waals surface area contributed by atoms with Crippen molar-refractivity contribution in [1.82, 2.24) is 9.97 Å². The highest BCUT2D eigenvalue weighted by molar-refractivity contribution is 6.43. The van der Waals surface area contributed by atoms with Gasteiger partial charge < -0.3 is 5.32 Å². The summed E-state index contributed by atoms with van der Waals surface area (Å²) in [5.74, 6) is -0.269. The van der Waals surface area contributed by atoms with E-state index >= 15 is 0 Å². The van der Waals surface area contributed by atoms with E-state index in [4.69, 9.17) is 34.8 Å². The van der Waals surface area contributed by atoms with Crippen molar-refractivity contribution in [2.45, 2.75) is 6.92 Å². The van der Waals surface area contributed by atoms with Crippen molar-refractivity contribution in [2.75, 3.05) is 5.32 Å². The number of benzene rings is 1. The first-order valence-electron chi connectivity index (χ1n) is 5.23. The molecule has 2 aromatic rings. The van der Waals surface area contributed by atoms with E-state index in [2.05, 4.69) is 15.3 Å². The first kappa shape index (κ1) is 14.1. The zero-order chi connectivity index (χ0) is 14.0. The fourth-order valence-electron chi connectivity index (χ4n) is 1.43. The largest absolute Gasteiger partial charge is 0.305 e. The predicted molar refractivity (Wildman–Crippen MR) is 76.2 cm³/mol. The number of rotatable bonds is 2. The van der Waals surface area contributed by atoms with Gasteiger partial charge in [-0.25, -0.2) is 9.97 Å². The van der Waals surface area contributed by atoms with Crippen molar-refractivity contribution in [3.05, 3.63) is 50.9 Å². The molecule has 1 heterocycles. The molecule has 1 N–H and O–H groups in total. The van der Waals surface area contributed by atoms with Gasteiger partial charge in [0.1, 0.15) is 11.3 Å². The van der Waals surface area contributed by atoms with Gasteiger partial charge in [0.25, 0.3) is 5.91 Å². The summed E-state index contributed by atoms with van der Waals surface area (Å²) in [7, 11) is 0. The number of aromatic nitrogens is 2. The molecule has 0 aliphatic carbocycles. The molecule has 0 aliphatic rings. The highest BCUT2D eigenvalue weighted by atomic mass is 35.5. The van der Waals surface area contributed by atoms with Gasteiger partial charge in [-0.2, -0.15) is 0 Å². The Labute approximate surface area is 124 Å². The van der Waals surface area contributed by atoms with E-state index < -0.39 is 5.91 Å². The number of hydrogen-bond donors (Lipinski definition) is 1. The van der Waals surface area contributed by atoms with E-state index in [9.17, 15) is 4.79 Å². The molecule has 19 heavy (non-hydrogen) atoms. The minimum atomic E-state index is -0.412. The second-order valence-corrected chi connectivity index (χ2v) is 4.83. The van der Waals surface area contributed by atoms with Crippen LogP contribution in [0.2, 0.25) is 15.2 Å². The van der Waals surface area contributed by atoms with Crippen LogP contribution in [0.3, 0.4) is 0 Å². The lowest BCUT2D eigenvalue weighted by Crippen LogP contribution is -2.14. The third-order valence-corrected chi connectivity index (χ3v) is 3.66. The summed E-state index contributed by atoms with van der Waals surface area (Å²) >= 11 is 17.7. The van der Waals surface area contributed by atoms with Crippen LogP contribution in [-0.4, -0.2) is 15.9 Å². The Morgan fingerprint density at radius 1 is 1.16 bits per heavy atom. The van der Waals surface area contributed by atoms with Crippen molar-refractivity contribution in [1.29, 1.82) is 0 Å². The number of halogens is 3. The maximum absolute atomic E-state index is 12.1. The van der Waals surface area contributed by atoms with Gasteiger partial charge in [0.05, 0.1) is 10.6 Å². The Kier molecular flexibility index (Phi) is 4.24. The number of anilines is 1. The molecule has 0 spiro atoms. The van der Waals surface area contributed by atoms with Gasteiger partial charge in [-0.05, 0) is 18.6 Å². The maximum Gasteiger partial charge on any atom is 0.258 e. The monoisotopic (exact) mass is 315 g/mol. The van der Waals surface area contributed by atoms with Crippen LogP contribution in [0.15, 0.2) is 24.5 Å². The van der Waals surface area contributed by atoms with Crippen molar-refractivity contribution in [3.8, 4) is 0 Å². The number of hydrogen-bond acceptors (Lipinski definition) is 3. The summed E-state index contributed by atoms with van der Waals surface area (Å²) in [5.41, 5.74) is 1.15. The minimum Gasteiger partial charge on any atom is -0.305 e. The Hall–Kier alpha value is -1.36. The van der Waals surface area contributed by atoms with Crippen LogP contribution >= 0.6 is 34.8 Å². The molecule has 0 unspecified atom stereocenters. The normalized spacial score (nSPS) is 10.3. The van der Waals surface area contributed by atoms with Crippen LogP contribution in [0.25, 0.3) is 0 Å². The Morgan fingerprint density at radius 3 is 2.63 bits per heavy atom. The molecule has 2 rings (SSSR count). The molecule has 0 saturated carbocycles. The van der Waals surface area contributed by atoms with E-state index in [0.29, 0.717) is 10.6 Å². The average Bonchev–Trinajstić information content (AvgIpc) is 2.38. The summed E-state index contributed by atoms with van der Waals surface area (Å²) in [5, 5.41) is 3.09. The predicted octanol–water partition coefficient (Wildman–Crippen LogP) is 4.00. The Morgan fingerprint density at radius 2 is 1.89 bits per heavy atom. The molecule has 1 amide bonds. The van der Waals surface area contributed by atoms with Crippen LogP contribution in [0.4, 0.5) is 5.82 Å². The Balaban J connectivity index is 2.31. The van der Waals surface area contributed by atoms with E-state index in [0.717, 1.165) is 5.56 Å². The number of carbonyl (C=O) groups excluding carboxylic acids is 1. The zero-order valence-corrected chi connectivity index (χ0v) is 12.0. The van der Waals surface area contributed by atoms with Crippen LogP contribution in [0.5, 0.6) is 0 Å². The van der Waals surface area contributed by atoms with Crippen molar-refractivity contribution >= 4 is 46.5 Å². The molecule has 0 saturated heterocycles. The summed E-state index contributed by atoms with van der Waals surface area (Å²) in [6, 6.07) is 5.17. The molecule has 1 aromatic heterocycles. The molecule has 0 radical (unpaired) electrons. The smallest absolute Gasteiger partial charge is 0.258 e. The molecule has 0 aliphatic heterocycles. The van der Waals surface area contributed by atoms with E-state index in [1.165, 1.54) is 6.33 Å². The number of nitrogens with zero attached hydrogens (tertiary/aromatic N) is 2. The topological polar surface area (TPSA) is 54.9 Å². The van der Waals surface area contributed by atoms with Crippen molar-refractivity contribution < 1.29 is 4.79 Å². The Bertz CT molecular complexity index is 646. The van der Waals surface area contributed by atoms with E-state index in [-0.39, 0.29) is 16.0 Å². The van der Waals surface area contributed by atoms with Gasteiger partial charge in [0, 0.05) is 0 Å². The molecule has 0 bridgehead atoms. The number of amides is 1. The first-order valence-corrected chi connectivity index (χ1v) is 6.36. The molecule has 0 fully saturated rings. The second kappa shape index (κ2) is 5.74. The number of nitrogens with one attached hydrogen (secondary N) is 1. The van der Waals surface area contributed by atoms with E-state index in [1.807, 2.05) is 13.0 Å². The van der Waals surface area contributed by atoms with Gasteiger partial charge >= 0.3 is 0 Å². The molecule has 7 heteroatoms. The maximum atomic E-state index is 12.1. The third-order valence-electron chi connectivity index (χ3n) is 2.42. The van der Waals surface area contributed by atoms with Crippen molar-refractivity contribution in [2.24, 2.45) is 0 Å². The highest BCUT2D eigenvalue weighted by Gasteiger charge is 2.15. The summed E-state index contributed by atoms with van der Waals surface area (Å²) < 4.78 is 0. The second-order valence-electron chi connectivity index (χ2n) is 3.72. The van der Waals surface area contributed by atoms with Gasteiger partial charge in [0.2, 0.25) is 0 Å². The van der Waals surface area contributed by atoms with Gasteiger partial charge in [0.15, 0.2) is 11.0 Å². The number of aryl methyl sites for hydroxylation is 1. The highest BCUT2D eigenvalue weighted by Crippen LogP contribution is 2.27. The van der Waals surface area contributed by atoms with Crippen LogP contribution in [0, 0.1) is 6.92 Å². The fraction of sp³-hybridized carbons (Fsp3) is 0.0833. The lowest BCUT2D eigenvalue weighted by atomic mass is 10.1. The third kappa shape index (κ3) is 2.97. The lowest BCUT2D eigenvalue weighted by molar-refractivity contribution is 0.102. The molecule has 0 atom stereocenters. The van der Waals surface area contributed by atoms with Gasteiger partial charge in [-0.3, -0.25) is 4.79 Å². The molecular formula is C12H8Cl3N3O. The average molecular weight is 317 g/mol.